The van der Waals surface area contributed by atoms with Gasteiger partial charge in [0.15, 0.2) is 0 Å². The lowest BCUT2D eigenvalue weighted by molar-refractivity contribution is -0.124. The standard InChI is InChI=1S/C23H26FN3O4/c1-5-15(13(4)28)20(29)10-25-23(31)21-11(2)19(26-12(21)3)9-17-16-8-14(24)6-7-18(16)27-22(17)30/h6-9,15,20,26,29H,5,10H2,1-4H3,(H,25,31)(H,27,30)/b17-9-. The summed E-state index contributed by atoms with van der Waals surface area (Å²) in [5.74, 6) is -1.85. The van der Waals surface area contributed by atoms with Crippen molar-refractivity contribution in [2.45, 2.75) is 40.2 Å². The first kappa shape index (κ1) is 22.4. The number of ketones is 1. The number of Topliss-reactive ketones (excluding diaryl/α,β-unsaturated/α-hetero) is 1. The van der Waals surface area contributed by atoms with Gasteiger partial charge in [-0.2, -0.15) is 0 Å². The van der Waals surface area contributed by atoms with E-state index < -0.39 is 23.7 Å². The monoisotopic (exact) mass is 427 g/mol. The molecule has 164 valence electrons. The van der Waals surface area contributed by atoms with Gasteiger partial charge >= 0.3 is 0 Å². The van der Waals surface area contributed by atoms with Gasteiger partial charge in [-0.05, 0) is 57.0 Å². The van der Waals surface area contributed by atoms with E-state index in [-0.39, 0.29) is 18.2 Å². The van der Waals surface area contributed by atoms with Crippen LogP contribution >= 0.6 is 0 Å². The van der Waals surface area contributed by atoms with Crippen molar-refractivity contribution in [3.63, 3.8) is 0 Å². The van der Waals surface area contributed by atoms with E-state index in [2.05, 4.69) is 15.6 Å². The summed E-state index contributed by atoms with van der Waals surface area (Å²) in [6, 6.07) is 4.07. The van der Waals surface area contributed by atoms with Crippen LogP contribution in [-0.2, 0) is 9.59 Å². The highest BCUT2D eigenvalue weighted by molar-refractivity contribution is 6.34. The van der Waals surface area contributed by atoms with Gasteiger partial charge in [-0.1, -0.05) is 6.92 Å². The number of aromatic amines is 1. The maximum atomic E-state index is 13.7. The molecule has 0 aliphatic carbocycles. The van der Waals surface area contributed by atoms with Gasteiger partial charge in [0, 0.05) is 35.1 Å². The predicted molar refractivity (Wildman–Crippen MR) is 116 cm³/mol. The summed E-state index contributed by atoms with van der Waals surface area (Å²) in [6.07, 6.45) is 1.11. The molecule has 0 bridgehead atoms. The lowest BCUT2D eigenvalue weighted by Gasteiger charge is -2.19. The molecule has 8 heteroatoms. The molecular formula is C23H26FN3O4. The Balaban J connectivity index is 1.84. The first-order valence-corrected chi connectivity index (χ1v) is 10.1. The molecule has 0 fully saturated rings. The van der Waals surface area contributed by atoms with Gasteiger partial charge in [-0.15, -0.1) is 0 Å². The van der Waals surface area contributed by atoms with Crippen LogP contribution in [0.25, 0.3) is 11.6 Å². The molecule has 2 aromatic rings. The summed E-state index contributed by atoms with van der Waals surface area (Å²) >= 11 is 0. The first-order valence-electron chi connectivity index (χ1n) is 10.1. The summed E-state index contributed by atoms with van der Waals surface area (Å²) in [5, 5.41) is 15.6. The Hall–Kier alpha value is -3.26. The Morgan fingerprint density at radius 2 is 2.00 bits per heavy atom. The largest absolute Gasteiger partial charge is 0.391 e. The number of anilines is 1. The molecule has 0 saturated heterocycles. The second-order valence-corrected chi connectivity index (χ2v) is 7.77. The maximum absolute atomic E-state index is 13.7. The van der Waals surface area contributed by atoms with Crippen LogP contribution in [0.15, 0.2) is 18.2 Å². The molecule has 7 nitrogen and oxygen atoms in total. The van der Waals surface area contributed by atoms with Crippen molar-refractivity contribution in [1.82, 2.24) is 10.3 Å². The fourth-order valence-electron chi connectivity index (χ4n) is 3.97. The smallest absolute Gasteiger partial charge is 0.256 e. The van der Waals surface area contributed by atoms with Gasteiger partial charge < -0.3 is 20.7 Å². The molecule has 1 aromatic heterocycles. The number of aromatic nitrogens is 1. The number of carbonyl (C=O) groups excluding carboxylic acids is 3. The van der Waals surface area contributed by atoms with Crippen LogP contribution in [0.5, 0.6) is 0 Å². The first-order chi connectivity index (χ1) is 14.6. The third kappa shape index (κ3) is 4.44. The Labute approximate surface area is 179 Å². The molecule has 1 aromatic carbocycles. The van der Waals surface area contributed by atoms with Crippen molar-refractivity contribution in [3.8, 4) is 0 Å². The Morgan fingerprint density at radius 3 is 2.65 bits per heavy atom. The summed E-state index contributed by atoms with van der Waals surface area (Å²) in [4.78, 5) is 39.8. The number of hydrogen-bond acceptors (Lipinski definition) is 4. The number of H-pyrrole nitrogens is 1. The number of aliphatic hydroxyl groups is 1. The minimum Gasteiger partial charge on any atom is -0.391 e. The number of carbonyl (C=O) groups is 3. The fourth-order valence-corrected chi connectivity index (χ4v) is 3.97. The van der Waals surface area contributed by atoms with Crippen LogP contribution < -0.4 is 10.6 Å². The normalized spacial score (nSPS) is 16.1. The molecule has 0 spiro atoms. The Bertz CT molecular complexity index is 1090. The number of rotatable bonds is 7. The van der Waals surface area contributed by atoms with E-state index in [1.807, 2.05) is 0 Å². The average Bonchev–Trinajstić information content (AvgIpc) is 3.16. The number of nitrogens with one attached hydrogen (secondary N) is 3. The van der Waals surface area contributed by atoms with Crippen molar-refractivity contribution in [1.29, 1.82) is 0 Å². The van der Waals surface area contributed by atoms with Gasteiger partial charge in [0.05, 0.1) is 17.2 Å². The number of aryl methyl sites for hydroxylation is 1. The van der Waals surface area contributed by atoms with E-state index in [1.165, 1.54) is 25.1 Å². The van der Waals surface area contributed by atoms with Crippen molar-refractivity contribution in [3.05, 3.63) is 52.1 Å². The van der Waals surface area contributed by atoms with Gasteiger partial charge in [0.2, 0.25) is 0 Å². The van der Waals surface area contributed by atoms with E-state index in [0.717, 1.165) is 0 Å². The van der Waals surface area contributed by atoms with Crippen LogP contribution in [0.3, 0.4) is 0 Å². The summed E-state index contributed by atoms with van der Waals surface area (Å²) in [6.45, 7) is 6.65. The van der Waals surface area contributed by atoms with Gasteiger partial charge in [0.25, 0.3) is 11.8 Å². The zero-order valence-electron chi connectivity index (χ0n) is 17.9. The SMILES string of the molecule is CCC(C(C)=O)C(O)CNC(=O)c1c(C)[nH]c(/C=C2\C(=O)Nc3ccc(F)cc32)c1C. The number of hydrogen-bond donors (Lipinski definition) is 4. The number of amides is 2. The van der Waals surface area contributed by atoms with E-state index in [0.29, 0.717) is 45.8 Å². The van der Waals surface area contributed by atoms with Crippen molar-refractivity contribution in [2.75, 3.05) is 11.9 Å². The molecule has 2 heterocycles. The molecule has 0 saturated carbocycles. The van der Waals surface area contributed by atoms with Crippen LogP contribution in [0.2, 0.25) is 0 Å². The van der Waals surface area contributed by atoms with E-state index in [4.69, 9.17) is 0 Å². The molecule has 1 aliphatic rings. The molecule has 2 atom stereocenters. The van der Waals surface area contributed by atoms with Crippen LogP contribution in [0.4, 0.5) is 10.1 Å². The topological polar surface area (TPSA) is 111 Å². The van der Waals surface area contributed by atoms with Crippen molar-refractivity contribution >= 4 is 34.9 Å². The maximum Gasteiger partial charge on any atom is 0.256 e. The molecule has 1 aliphatic heterocycles. The molecule has 31 heavy (non-hydrogen) atoms. The van der Waals surface area contributed by atoms with Crippen molar-refractivity contribution in [2.24, 2.45) is 5.92 Å². The fraction of sp³-hybridized carbons (Fsp3) is 0.348. The minimum atomic E-state index is -0.971. The predicted octanol–water partition coefficient (Wildman–Crippen LogP) is 2.97. The average molecular weight is 427 g/mol. The van der Waals surface area contributed by atoms with E-state index in [1.54, 1.807) is 26.8 Å². The molecule has 4 N–H and O–H groups in total. The molecule has 3 rings (SSSR count). The quantitative estimate of drug-likeness (QED) is 0.509. The van der Waals surface area contributed by atoms with E-state index >= 15 is 0 Å². The summed E-state index contributed by atoms with van der Waals surface area (Å²) in [5.41, 5.74) is 3.45. The van der Waals surface area contributed by atoms with Gasteiger partial charge in [-0.25, -0.2) is 4.39 Å². The van der Waals surface area contributed by atoms with Crippen LogP contribution in [0.1, 0.15) is 53.1 Å². The van der Waals surface area contributed by atoms with Crippen LogP contribution in [0, 0.1) is 25.6 Å². The van der Waals surface area contributed by atoms with E-state index in [9.17, 15) is 23.9 Å². The number of aliphatic hydroxyl groups excluding tert-OH is 1. The molecule has 2 amide bonds. The zero-order valence-corrected chi connectivity index (χ0v) is 17.9. The lowest BCUT2D eigenvalue weighted by Crippen LogP contribution is -2.38. The number of fused-ring (bicyclic) bond motifs is 1. The summed E-state index contributed by atoms with van der Waals surface area (Å²) in [7, 11) is 0. The summed E-state index contributed by atoms with van der Waals surface area (Å²) < 4.78 is 13.7. The van der Waals surface area contributed by atoms with Gasteiger partial charge in [-0.3, -0.25) is 14.4 Å². The highest BCUT2D eigenvalue weighted by atomic mass is 19.1. The third-order valence-electron chi connectivity index (χ3n) is 5.65. The molecular weight excluding hydrogens is 401 g/mol. The van der Waals surface area contributed by atoms with Gasteiger partial charge in [0.1, 0.15) is 11.6 Å². The zero-order chi connectivity index (χ0) is 22.9. The molecule has 0 radical (unpaired) electrons. The highest BCUT2D eigenvalue weighted by Crippen LogP contribution is 2.34. The van der Waals surface area contributed by atoms with Crippen molar-refractivity contribution < 1.29 is 23.9 Å². The Kier molecular flexibility index (Phi) is 6.40. The number of benzene rings is 1. The minimum absolute atomic E-state index is 0.0491. The second kappa shape index (κ2) is 8.85. The highest BCUT2D eigenvalue weighted by Gasteiger charge is 2.27. The Morgan fingerprint density at radius 1 is 1.29 bits per heavy atom. The molecule has 2 unspecified atom stereocenters. The third-order valence-corrected chi connectivity index (χ3v) is 5.65. The van der Waals surface area contributed by atoms with Crippen LogP contribution in [-0.4, -0.2) is 40.3 Å². The second-order valence-electron chi connectivity index (χ2n) is 7.77. The lowest BCUT2D eigenvalue weighted by atomic mass is 9.95. The number of halogens is 1.